The number of carbonyl (C=O) groups is 2. The number of aliphatic imine (C=N–C) groups is 1. The van der Waals surface area contributed by atoms with Gasteiger partial charge in [-0.05, 0) is 49.1 Å². The zero-order valence-corrected chi connectivity index (χ0v) is 17.9. The molecule has 7 heteroatoms. The molecule has 7 nitrogen and oxygen atoms in total. The molecule has 0 unspecified atom stereocenters. The summed E-state index contributed by atoms with van der Waals surface area (Å²) in [5, 5.41) is 8.56. The van der Waals surface area contributed by atoms with E-state index in [-0.39, 0.29) is 11.7 Å². The number of rotatable bonds is 8. The molecular weight excluding hydrogens is 402 g/mol. The smallest absolute Gasteiger partial charge is 0.222 e. The third kappa shape index (κ3) is 4.10. The molecule has 1 amide bonds. The highest BCUT2D eigenvalue weighted by molar-refractivity contribution is 6.13. The van der Waals surface area contributed by atoms with E-state index in [1.165, 1.54) is 5.56 Å². The number of hydrogen-bond donors (Lipinski definition) is 0. The van der Waals surface area contributed by atoms with Gasteiger partial charge in [-0.25, -0.2) is 4.68 Å². The predicted octanol–water partition coefficient (Wildman–Crippen LogP) is 3.59. The largest absolute Gasteiger partial charge is 0.343 e. The molecule has 32 heavy (non-hydrogen) atoms. The number of fused-ring (bicyclic) bond motifs is 1. The summed E-state index contributed by atoms with van der Waals surface area (Å²) in [7, 11) is 0. The van der Waals surface area contributed by atoms with Gasteiger partial charge in [0.15, 0.2) is 5.78 Å². The first kappa shape index (κ1) is 20.3. The molecule has 1 saturated heterocycles. The second-order valence-corrected chi connectivity index (χ2v) is 8.28. The normalized spacial score (nSPS) is 15.2. The van der Waals surface area contributed by atoms with Crippen LogP contribution in [0.2, 0.25) is 0 Å². The molecule has 0 radical (unpaired) electrons. The molecule has 3 heterocycles. The van der Waals surface area contributed by atoms with Crippen LogP contribution in [0.3, 0.4) is 0 Å². The van der Waals surface area contributed by atoms with Crippen molar-refractivity contribution >= 4 is 17.4 Å². The molecular formula is C25H25N5O2. The highest BCUT2D eigenvalue weighted by atomic mass is 16.2. The van der Waals surface area contributed by atoms with Crippen LogP contribution in [0, 0.1) is 0 Å². The van der Waals surface area contributed by atoms with Gasteiger partial charge in [-0.2, -0.15) is 0 Å². The molecule has 5 rings (SSSR count). The maximum absolute atomic E-state index is 12.5. The van der Waals surface area contributed by atoms with Crippen LogP contribution in [-0.2, 0) is 11.3 Å². The molecule has 162 valence electrons. The minimum atomic E-state index is 0.125. The molecule has 0 saturated carbocycles. The average molecular weight is 428 g/mol. The Morgan fingerprint density at radius 1 is 1.03 bits per heavy atom. The molecule has 0 spiro atoms. The van der Waals surface area contributed by atoms with Gasteiger partial charge in [-0.3, -0.25) is 14.6 Å². The zero-order chi connectivity index (χ0) is 21.9. The Labute approximate surface area is 186 Å². The molecule has 0 aliphatic carbocycles. The minimum Gasteiger partial charge on any atom is -0.343 e. The van der Waals surface area contributed by atoms with Crippen LogP contribution in [0.25, 0.3) is 5.69 Å². The summed E-state index contributed by atoms with van der Waals surface area (Å²) in [6.45, 7) is 2.29. The number of hydrogen-bond acceptors (Lipinski definition) is 5. The van der Waals surface area contributed by atoms with Crippen molar-refractivity contribution in [3.8, 4) is 5.69 Å². The fraction of sp³-hybridized carbons (Fsp3) is 0.320. The second kappa shape index (κ2) is 8.86. The van der Waals surface area contributed by atoms with Crippen molar-refractivity contribution in [2.24, 2.45) is 4.99 Å². The SMILES string of the molecule is O=C(CCCCN1CCCC1=O)c1ccc(-n2cc(C3=NCc4ccccc43)nn2)cc1. The quantitative estimate of drug-likeness (QED) is 0.406. The number of nitrogens with zero attached hydrogens (tertiary/aromatic N) is 5. The lowest BCUT2D eigenvalue weighted by molar-refractivity contribution is -0.127. The monoisotopic (exact) mass is 427 g/mol. The summed E-state index contributed by atoms with van der Waals surface area (Å²) < 4.78 is 1.71. The molecule has 3 aromatic rings. The lowest BCUT2D eigenvalue weighted by Gasteiger charge is -2.14. The Bertz CT molecular complexity index is 1180. The number of amides is 1. The van der Waals surface area contributed by atoms with Crippen LogP contribution in [0.1, 0.15) is 59.3 Å². The van der Waals surface area contributed by atoms with Crippen LogP contribution in [-0.4, -0.2) is 50.4 Å². The molecule has 1 fully saturated rings. The van der Waals surface area contributed by atoms with Gasteiger partial charge in [0.1, 0.15) is 5.69 Å². The second-order valence-electron chi connectivity index (χ2n) is 8.28. The van der Waals surface area contributed by atoms with E-state index in [0.29, 0.717) is 24.9 Å². The van der Waals surface area contributed by atoms with Crippen molar-refractivity contribution in [1.82, 2.24) is 19.9 Å². The zero-order valence-electron chi connectivity index (χ0n) is 17.9. The lowest BCUT2D eigenvalue weighted by Crippen LogP contribution is -2.25. The summed E-state index contributed by atoms with van der Waals surface area (Å²) in [6.07, 6.45) is 5.65. The van der Waals surface area contributed by atoms with E-state index in [1.54, 1.807) is 4.68 Å². The van der Waals surface area contributed by atoms with E-state index >= 15 is 0 Å². The highest BCUT2D eigenvalue weighted by Crippen LogP contribution is 2.22. The molecule has 0 bridgehead atoms. The highest BCUT2D eigenvalue weighted by Gasteiger charge is 2.20. The van der Waals surface area contributed by atoms with Gasteiger partial charge in [0.25, 0.3) is 0 Å². The van der Waals surface area contributed by atoms with Crippen LogP contribution in [0.4, 0.5) is 0 Å². The van der Waals surface area contributed by atoms with Crippen molar-refractivity contribution in [1.29, 1.82) is 0 Å². The first-order chi connectivity index (χ1) is 15.7. The van der Waals surface area contributed by atoms with Gasteiger partial charge >= 0.3 is 0 Å². The number of Topliss-reactive ketones (excluding diaryl/α,β-unsaturated/α-hetero) is 1. The predicted molar refractivity (Wildman–Crippen MR) is 121 cm³/mol. The molecule has 2 aliphatic heterocycles. The van der Waals surface area contributed by atoms with Crippen molar-refractivity contribution in [2.45, 2.75) is 38.6 Å². The van der Waals surface area contributed by atoms with E-state index in [9.17, 15) is 9.59 Å². The molecule has 0 atom stereocenters. The van der Waals surface area contributed by atoms with Gasteiger partial charge in [0, 0.05) is 37.1 Å². The fourth-order valence-electron chi connectivity index (χ4n) is 4.33. The molecule has 1 aromatic heterocycles. The lowest BCUT2D eigenvalue weighted by atomic mass is 10.0. The Balaban J connectivity index is 1.18. The van der Waals surface area contributed by atoms with Crippen LogP contribution >= 0.6 is 0 Å². The first-order valence-corrected chi connectivity index (χ1v) is 11.2. The third-order valence-electron chi connectivity index (χ3n) is 6.12. The molecule has 2 aromatic carbocycles. The number of benzene rings is 2. The number of likely N-dealkylation sites (tertiary alicyclic amines) is 1. The van der Waals surface area contributed by atoms with E-state index in [4.69, 9.17) is 0 Å². The Kier molecular flexibility index (Phi) is 5.62. The standard InChI is InChI=1S/C25H25N5O2/c31-23(8-3-4-14-29-15-5-9-24(29)32)18-10-12-20(13-11-18)30-17-22(27-28-30)25-21-7-2-1-6-19(21)16-26-25/h1-2,6-7,10-13,17H,3-5,8-9,14-16H2. The number of unbranched alkanes of at least 4 members (excludes halogenated alkanes) is 1. The van der Waals surface area contributed by atoms with Crippen LogP contribution in [0.5, 0.6) is 0 Å². The average Bonchev–Trinajstić information content (AvgIpc) is 3.56. The number of carbonyl (C=O) groups excluding carboxylic acids is 2. The number of ketones is 1. The first-order valence-electron chi connectivity index (χ1n) is 11.2. The van der Waals surface area contributed by atoms with E-state index in [1.807, 2.05) is 47.5 Å². The van der Waals surface area contributed by atoms with Crippen molar-refractivity contribution in [2.75, 3.05) is 13.1 Å². The maximum Gasteiger partial charge on any atom is 0.222 e. The summed E-state index contributed by atoms with van der Waals surface area (Å²) in [5.74, 6) is 0.368. The molecule has 0 N–H and O–H groups in total. The summed E-state index contributed by atoms with van der Waals surface area (Å²) in [6, 6.07) is 15.6. The van der Waals surface area contributed by atoms with Gasteiger partial charge in [0.2, 0.25) is 5.91 Å². The Morgan fingerprint density at radius 3 is 2.69 bits per heavy atom. The van der Waals surface area contributed by atoms with Crippen molar-refractivity contribution in [3.63, 3.8) is 0 Å². The minimum absolute atomic E-state index is 0.125. The van der Waals surface area contributed by atoms with E-state index < -0.39 is 0 Å². The van der Waals surface area contributed by atoms with Gasteiger partial charge in [-0.1, -0.05) is 29.5 Å². The summed E-state index contributed by atoms with van der Waals surface area (Å²) in [5.41, 5.74) is 5.46. The third-order valence-corrected chi connectivity index (χ3v) is 6.12. The van der Waals surface area contributed by atoms with Gasteiger partial charge in [0.05, 0.1) is 24.1 Å². The van der Waals surface area contributed by atoms with Crippen LogP contribution < -0.4 is 0 Å². The summed E-state index contributed by atoms with van der Waals surface area (Å²) >= 11 is 0. The Hall–Kier alpha value is -3.61. The maximum atomic E-state index is 12.5. The number of aromatic nitrogens is 3. The topological polar surface area (TPSA) is 80.5 Å². The molecule has 2 aliphatic rings. The van der Waals surface area contributed by atoms with E-state index in [0.717, 1.165) is 55.0 Å². The van der Waals surface area contributed by atoms with E-state index in [2.05, 4.69) is 27.4 Å². The van der Waals surface area contributed by atoms with Crippen molar-refractivity contribution in [3.05, 3.63) is 77.1 Å². The van der Waals surface area contributed by atoms with Gasteiger partial charge < -0.3 is 4.90 Å². The summed E-state index contributed by atoms with van der Waals surface area (Å²) in [4.78, 5) is 30.7. The Morgan fingerprint density at radius 2 is 1.88 bits per heavy atom. The van der Waals surface area contributed by atoms with Crippen molar-refractivity contribution < 1.29 is 9.59 Å². The van der Waals surface area contributed by atoms with Gasteiger partial charge in [-0.15, -0.1) is 5.10 Å². The fourth-order valence-corrected chi connectivity index (χ4v) is 4.33. The van der Waals surface area contributed by atoms with Crippen LogP contribution in [0.15, 0.2) is 59.7 Å².